The van der Waals surface area contributed by atoms with E-state index in [1.807, 2.05) is 0 Å². The van der Waals surface area contributed by atoms with Gasteiger partial charge >= 0.3 is 11.9 Å². The molecule has 0 fully saturated rings. The van der Waals surface area contributed by atoms with E-state index in [0.717, 1.165) is 77.0 Å². The van der Waals surface area contributed by atoms with E-state index < -0.39 is 0 Å². The fourth-order valence-electron chi connectivity index (χ4n) is 3.33. The Kier molecular flexibility index (Phi) is 20.3. The first-order chi connectivity index (χ1) is 14.6. The summed E-state index contributed by atoms with van der Waals surface area (Å²) in [6.07, 6.45) is 11.9. The smallest absolute Gasteiger partial charge is 0.305 e. The lowest BCUT2D eigenvalue weighted by atomic mass is 10.0. The zero-order valence-corrected chi connectivity index (χ0v) is 19.4. The van der Waals surface area contributed by atoms with Crippen LogP contribution in [0.2, 0.25) is 0 Å². The third-order valence-electron chi connectivity index (χ3n) is 5.72. The van der Waals surface area contributed by atoms with Gasteiger partial charge in [0, 0.05) is 26.1 Å². The van der Waals surface area contributed by atoms with Gasteiger partial charge < -0.3 is 19.7 Å². The quantitative estimate of drug-likeness (QED) is 0.201. The number of ether oxygens (including phenoxy) is 2. The topological polar surface area (TPSA) is 93.1 Å². The van der Waals surface area contributed by atoms with Crippen LogP contribution in [0.15, 0.2) is 0 Å². The molecule has 0 saturated carbocycles. The molecule has 6 nitrogen and oxygen atoms in total. The van der Waals surface area contributed by atoms with E-state index in [-0.39, 0.29) is 25.2 Å². The van der Waals surface area contributed by atoms with Crippen LogP contribution in [-0.4, -0.2) is 48.6 Å². The highest BCUT2D eigenvalue weighted by Gasteiger charge is 2.07. The molecule has 0 aromatic heterocycles. The first-order valence-corrected chi connectivity index (χ1v) is 12.1. The summed E-state index contributed by atoms with van der Waals surface area (Å²) in [4.78, 5) is 23.4. The molecule has 0 radical (unpaired) electrons. The summed E-state index contributed by atoms with van der Waals surface area (Å²) >= 11 is 0. The summed E-state index contributed by atoms with van der Waals surface area (Å²) in [5.74, 6) is 0.442. The molecule has 0 amide bonds. The van der Waals surface area contributed by atoms with Crippen LogP contribution in [0, 0.1) is 11.8 Å². The minimum Gasteiger partial charge on any atom is -0.466 e. The normalized spacial score (nSPS) is 13.1. The largest absolute Gasteiger partial charge is 0.466 e. The molecular formula is C24H46O6. The van der Waals surface area contributed by atoms with Gasteiger partial charge in [-0.25, -0.2) is 0 Å². The number of carbonyl (C=O) groups is 2. The van der Waals surface area contributed by atoms with Crippen LogP contribution in [0.1, 0.15) is 104 Å². The molecule has 0 aliphatic carbocycles. The number of aliphatic hydroxyl groups excluding tert-OH is 2. The highest BCUT2D eigenvalue weighted by Crippen LogP contribution is 2.13. The average molecular weight is 431 g/mol. The fourth-order valence-corrected chi connectivity index (χ4v) is 3.33. The lowest BCUT2D eigenvalue weighted by Crippen LogP contribution is -2.08. The van der Waals surface area contributed by atoms with Gasteiger partial charge in [-0.15, -0.1) is 0 Å². The molecule has 0 aromatic carbocycles. The number of rotatable bonds is 21. The summed E-state index contributed by atoms with van der Waals surface area (Å²) in [6, 6.07) is 0. The monoisotopic (exact) mass is 430 g/mol. The summed E-state index contributed by atoms with van der Waals surface area (Å²) in [5.41, 5.74) is 0. The van der Waals surface area contributed by atoms with Crippen molar-refractivity contribution in [2.45, 2.75) is 104 Å². The predicted octanol–water partition coefficient (Wildman–Crippen LogP) is 4.79. The molecular weight excluding hydrogens is 384 g/mol. The molecule has 0 aliphatic heterocycles. The molecule has 30 heavy (non-hydrogen) atoms. The van der Waals surface area contributed by atoms with E-state index >= 15 is 0 Å². The molecule has 2 N–H and O–H groups in total. The van der Waals surface area contributed by atoms with Gasteiger partial charge in [-0.2, -0.15) is 0 Å². The summed E-state index contributed by atoms with van der Waals surface area (Å²) in [5, 5.41) is 18.3. The number of hydrogen-bond donors (Lipinski definition) is 2. The second-order valence-corrected chi connectivity index (χ2v) is 8.26. The van der Waals surface area contributed by atoms with Gasteiger partial charge in [-0.3, -0.25) is 9.59 Å². The Labute approximate surface area is 183 Å². The van der Waals surface area contributed by atoms with Gasteiger partial charge in [0.2, 0.25) is 0 Å². The Morgan fingerprint density at radius 3 is 1.37 bits per heavy atom. The Morgan fingerprint density at radius 2 is 1.03 bits per heavy atom. The first-order valence-electron chi connectivity index (χ1n) is 12.1. The number of hydrogen-bond acceptors (Lipinski definition) is 6. The van der Waals surface area contributed by atoms with Crippen LogP contribution in [0.4, 0.5) is 0 Å². The molecule has 0 aliphatic rings. The zero-order valence-electron chi connectivity index (χ0n) is 19.4. The lowest BCUT2D eigenvalue weighted by Gasteiger charge is -2.11. The molecule has 0 heterocycles. The van der Waals surface area contributed by atoms with E-state index in [2.05, 4.69) is 13.8 Å². The van der Waals surface area contributed by atoms with Gasteiger partial charge in [-0.05, 0) is 63.2 Å². The van der Waals surface area contributed by atoms with Crippen LogP contribution >= 0.6 is 0 Å². The van der Waals surface area contributed by atoms with E-state index in [9.17, 15) is 9.59 Å². The van der Waals surface area contributed by atoms with E-state index in [4.69, 9.17) is 19.7 Å². The molecule has 2 atom stereocenters. The van der Waals surface area contributed by atoms with Crippen molar-refractivity contribution in [2.75, 3.05) is 26.4 Å². The Balaban J connectivity index is 3.43. The highest BCUT2D eigenvalue weighted by atomic mass is 16.5. The summed E-state index contributed by atoms with van der Waals surface area (Å²) in [7, 11) is 0. The van der Waals surface area contributed by atoms with Gasteiger partial charge in [0.25, 0.3) is 0 Å². The maximum atomic E-state index is 11.7. The summed E-state index contributed by atoms with van der Waals surface area (Å²) < 4.78 is 10.5. The number of esters is 2. The number of carbonyl (C=O) groups excluding carboxylic acids is 2. The minimum atomic E-state index is -0.143. The molecule has 0 bridgehead atoms. The zero-order chi connectivity index (χ0) is 22.5. The van der Waals surface area contributed by atoms with Gasteiger partial charge in [0.15, 0.2) is 0 Å². The molecule has 178 valence electrons. The second-order valence-electron chi connectivity index (χ2n) is 8.26. The Hall–Kier alpha value is -1.14. The van der Waals surface area contributed by atoms with E-state index in [1.165, 1.54) is 0 Å². The van der Waals surface area contributed by atoms with Crippen molar-refractivity contribution < 1.29 is 29.3 Å². The van der Waals surface area contributed by atoms with Crippen LogP contribution in [0.3, 0.4) is 0 Å². The molecule has 2 unspecified atom stereocenters. The van der Waals surface area contributed by atoms with Crippen LogP contribution in [0.5, 0.6) is 0 Å². The third kappa shape index (κ3) is 17.7. The highest BCUT2D eigenvalue weighted by molar-refractivity contribution is 5.69. The van der Waals surface area contributed by atoms with Gasteiger partial charge in [0.1, 0.15) is 0 Å². The van der Waals surface area contributed by atoms with E-state index in [0.29, 0.717) is 37.9 Å². The van der Waals surface area contributed by atoms with Gasteiger partial charge in [-0.1, -0.05) is 39.5 Å². The molecule has 0 saturated heterocycles. The van der Waals surface area contributed by atoms with Gasteiger partial charge in [0.05, 0.1) is 13.2 Å². The molecule has 6 heteroatoms. The second kappa shape index (κ2) is 21.1. The number of aliphatic hydroxyl groups is 2. The van der Waals surface area contributed by atoms with Crippen LogP contribution < -0.4 is 0 Å². The Bertz CT molecular complexity index is 367. The Morgan fingerprint density at radius 1 is 0.633 bits per heavy atom. The van der Waals surface area contributed by atoms with Crippen LogP contribution in [-0.2, 0) is 19.1 Å². The van der Waals surface area contributed by atoms with Crippen LogP contribution in [0.25, 0.3) is 0 Å². The van der Waals surface area contributed by atoms with Crippen molar-refractivity contribution in [2.24, 2.45) is 11.8 Å². The van der Waals surface area contributed by atoms with Crippen molar-refractivity contribution in [1.29, 1.82) is 0 Å². The standard InChI is InChI=1S/C24H46O6/c1-3-21(19-25)13-9-11-17-29-23(27)15-7-5-6-8-16-24(28)30-18-12-10-14-22(4-2)20-26/h21-22,25-26H,3-20H2,1-2H3. The van der Waals surface area contributed by atoms with Crippen molar-refractivity contribution in [3.63, 3.8) is 0 Å². The maximum Gasteiger partial charge on any atom is 0.305 e. The molecule has 0 aromatic rings. The van der Waals surface area contributed by atoms with Crippen molar-refractivity contribution in [1.82, 2.24) is 0 Å². The first kappa shape index (κ1) is 28.9. The maximum absolute atomic E-state index is 11.7. The van der Waals surface area contributed by atoms with E-state index in [1.54, 1.807) is 0 Å². The SMILES string of the molecule is CCC(CO)CCCCOC(=O)CCCCCCC(=O)OCCCCC(CC)CO. The average Bonchev–Trinajstić information content (AvgIpc) is 2.75. The lowest BCUT2D eigenvalue weighted by molar-refractivity contribution is -0.145. The fraction of sp³-hybridized carbons (Fsp3) is 0.917. The number of unbranched alkanes of at least 4 members (excludes halogenated alkanes) is 5. The third-order valence-corrected chi connectivity index (χ3v) is 5.72. The predicted molar refractivity (Wildman–Crippen MR) is 119 cm³/mol. The molecule has 0 spiro atoms. The van der Waals surface area contributed by atoms with Crippen molar-refractivity contribution in [3.8, 4) is 0 Å². The van der Waals surface area contributed by atoms with Crippen molar-refractivity contribution in [3.05, 3.63) is 0 Å². The molecule has 0 rings (SSSR count). The van der Waals surface area contributed by atoms with Crippen molar-refractivity contribution >= 4 is 11.9 Å². The summed E-state index contributed by atoms with van der Waals surface area (Å²) in [6.45, 7) is 5.55. The minimum absolute atomic E-state index is 0.143.